The van der Waals surface area contributed by atoms with Crippen LogP contribution in [0.15, 0.2) is 60.7 Å². The van der Waals surface area contributed by atoms with E-state index in [2.05, 4.69) is 10.6 Å². The van der Waals surface area contributed by atoms with Crippen LogP contribution in [0.5, 0.6) is 0 Å². The number of ether oxygens (including phenoxy) is 1. The minimum Gasteiger partial charge on any atom is -0.444 e. The number of hydrogen-bond acceptors (Lipinski definition) is 4. The van der Waals surface area contributed by atoms with Crippen LogP contribution in [0.3, 0.4) is 0 Å². The Morgan fingerprint density at radius 1 is 0.944 bits per heavy atom. The Balaban J connectivity index is 2.39. The number of hydrogen-bond donors (Lipinski definition) is 2. The first-order chi connectivity index (χ1) is 17.1. The summed E-state index contributed by atoms with van der Waals surface area (Å²) in [7, 11) is 0. The van der Waals surface area contributed by atoms with Crippen molar-refractivity contribution in [1.29, 1.82) is 0 Å². The highest BCUT2D eigenvalue weighted by molar-refractivity contribution is 5.92. The minimum atomic E-state index is -0.839. The quantitative estimate of drug-likeness (QED) is 0.447. The zero-order valence-electron chi connectivity index (χ0n) is 22.4. The second-order valence-electron chi connectivity index (χ2n) is 10.1. The van der Waals surface area contributed by atoms with Gasteiger partial charge in [0.15, 0.2) is 0 Å². The van der Waals surface area contributed by atoms with Gasteiger partial charge in [0.05, 0.1) is 0 Å². The predicted molar refractivity (Wildman–Crippen MR) is 142 cm³/mol. The van der Waals surface area contributed by atoms with Gasteiger partial charge in [-0.1, -0.05) is 87.9 Å². The predicted octanol–water partition coefficient (Wildman–Crippen LogP) is 5.22. The smallest absolute Gasteiger partial charge is 0.408 e. The van der Waals surface area contributed by atoms with E-state index in [-0.39, 0.29) is 17.7 Å². The van der Waals surface area contributed by atoms with Crippen LogP contribution >= 0.6 is 0 Å². The molecule has 7 heteroatoms. The van der Waals surface area contributed by atoms with Crippen LogP contribution in [0.25, 0.3) is 0 Å². The standard InChI is InChI=1S/C29H41N3O4/c1-7-19-32(27(34)24(21(3)8-2)31-28(35)36-29(4,5)6)25(23-17-13-10-14-18-23)26(33)30-20-22-15-11-9-12-16-22/h9-18,21,24-25H,7-8,19-20H2,1-6H3,(H,30,33)(H,31,35). The minimum absolute atomic E-state index is 0.159. The molecule has 36 heavy (non-hydrogen) atoms. The maximum absolute atomic E-state index is 14.0. The summed E-state index contributed by atoms with van der Waals surface area (Å²) < 4.78 is 5.43. The molecule has 3 unspecified atom stereocenters. The molecule has 0 bridgehead atoms. The lowest BCUT2D eigenvalue weighted by atomic mass is 9.95. The normalized spacial score (nSPS) is 13.7. The zero-order valence-corrected chi connectivity index (χ0v) is 22.4. The second kappa shape index (κ2) is 13.7. The van der Waals surface area contributed by atoms with E-state index in [0.29, 0.717) is 31.5 Å². The van der Waals surface area contributed by atoms with Crippen LogP contribution in [0, 0.1) is 5.92 Å². The fraction of sp³-hybridized carbons (Fsp3) is 0.483. The van der Waals surface area contributed by atoms with Gasteiger partial charge in [0, 0.05) is 13.1 Å². The van der Waals surface area contributed by atoms with E-state index >= 15 is 0 Å². The molecule has 0 saturated heterocycles. The first-order valence-electron chi connectivity index (χ1n) is 12.7. The van der Waals surface area contributed by atoms with Crippen LogP contribution in [0.1, 0.15) is 71.6 Å². The largest absolute Gasteiger partial charge is 0.444 e. The van der Waals surface area contributed by atoms with Gasteiger partial charge in [-0.2, -0.15) is 0 Å². The van der Waals surface area contributed by atoms with E-state index in [0.717, 1.165) is 5.56 Å². The Labute approximate surface area is 215 Å². The molecule has 3 atom stereocenters. The van der Waals surface area contributed by atoms with Crippen molar-refractivity contribution in [3.63, 3.8) is 0 Å². The molecular formula is C29H41N3O4. The van der Waals surface area contributed by atoms with E-state index in [9.17, 15) is 14.4 Å². The number of carbonyl (C=O) groups excluding carboxylic acids is 3. The highest BCUT2D eigenvalue weighted by atomic mass is 16.6. The first kappa shape index (κ1) is 28.9. The molecule has 0 aliphatic carbocycles. The van der Waals surface area contributed by atoms with E-state index in [1.165, 1.54) is 0 Å². The third kappa shape index (κ3) is 8.70. The highest BCUT2D eigenvalue weighted by Gasteiger charge is 2.37. The Morgan fingerprint density at radius 3 is 2.06 bits per heavy atom. The van der Waals surface area contributed by atoms with Crippen molar-refractivity contribution in [3.8, 4) is 0 Å². The zero-order chi connectivity index (χ0) is 26.7. The third-order valence-electron chi connectivity index (χ3n) is 5.88. The summed E-state index contributed by atoms with van der Waals surface area (Å²) in [5.74, 6) is -0.735. The molecule has 3 amide bonds. The van der Waals surface area contributed by atoms with Gasteiger partial charge in [0.25, 0.3) is 0 Å². The van der Waals surface area contributed by atoms with Crippen molar-refractivity contribution < 1.29 is 19.1 Å². The van der Waals surface area contributed by atoms with Crippen molar-refractivity contribution in [2.75, 3.05) is 6.54 Å². The first-order valence-corrected chi connectivity index (χ1v) is 12.7. The van der Waals surface area contributed by atoms with Crippen LogP contribution in [0.2, 0.25) is 0 Å². The highest BCUT2D eigenvalue weighted by Crippen LogP contribution is 2.25. The molecule has 0 fully saturated rings. The lowest BCUT2D eigenvalue weighted by Gasteiger charge is -2.36. The van der Waals surface area contributed by atoms with E-state index in [1.807, 2.05) is 81.4 Å². The van der Waals surface area contributed by atoms with Crippen LogP contribution in [-0.2, 0) is 20.9 Å². The second-order valence-corrected chi connectivity index (χ2v) is 10.1. The van der Waals surface area contributed by atoms with Gasteiger partial charge in [-0.3, -0.25) is 9.59 Å². The number of alkyl carbamates (subject to hydrolysis) is 1. The molecule has 0 spiro atoms. The molecule has 0 aliphatic rings. The van der Waals surface area contributed by atoms with Gasteiger partial charge in [-0.15, -0.1) is 0 Å². The molecule has 2 aromatic carbocycles. The van der Waals surface area contributed by atoms with E-state index < -0.39 is 23.8 Å². The molecule has 196 valence electrons. The van der Waals surface area contributed by atoms with Crippen molar-refractivity contribution >= 4 is 17.9 Å². The average Bonchev–Trinajstić information content (AvgIpc) is 2.85. The van der Waals surface area contributed by atoms with Crippen LogP contribution in [-0.4, -0.2) is 41.0 Å². The topological polar surface area (TPSA) is 87.7 Å². The van der Waals surface area contributed by atoms with Crippen LogP contribution < -0.4 is 10.6 Å². The molecule has 7 nitrogen and oxygen atoms in total. The SMILES string of the molecule is CCCN(C(=O)C(NC(=O)OC(C)(C)C)C(C)CC)C(C(=O)NCc1ccccc1)c1ccccc1. The van der Waals surface area contributed by atoms with Crippen molar-refractivity contribution in [1.82, 2.24) is 15.5 Å². The van der Waals surface area contributed by atoms with Gasteiger partial charge in [-0.05, 0) is 44.2 Å². The fourth-order valence-electron chi connectivity index (χ4n) is 3.89. The van der Waals surface area contributed by atoms with Gasteiger partial charge < -0.3 is 20.3 Å². The number of nitrogens with zero attached hydrogens (tertiary/aromatic N) is 1. The number of amides is 3. The van der Waals surface area contributed by atoms with E-state index in [4.69, 9.17) is 4.74 Å². The monoisotopic (exact) mass is 495 g/mol. The van der Waals surface area contributed by atoms with Gasteiger partial charge >= 0.3 is 6.09 Å². The summed E-state index contributed by atoms with van der Waals surface area (Å²) in [5.41, 5.74) is 0.986. The van der Waals surface area contributed by atoms with Crippen molar-refractivity contribution in [2.24, 2.45) is 5.92 Å². The van der Waals surface area contributed by atoms with Gasteiger partial charge in [0.1, 0.15) is 17.7 Å². The number of carbonyl (C=O) groups is 3. The summed E-state index contributed by atoms with van der Waals surface area (Å²) in [4.78, 5) is 41.8. The Morgan fingerprint density at radius 2 is 1.53 bits per heavy atom. The molecule has 0 radical (unpaired) electrons. The molecule has 2 rings (SSSR count). The lowest BCUT2D eigenvalue weighted by molar-refractivity contribution is -0.143. The Bertz CT molecular complexity index is 973. The van der Waals surface area contributed by atoms with Crippen molar-refractivity contribution in [3.05, 3.63) is 71.8 Å². The lowest BCUT2D eigenvalue weighted by Crippen LogP contribution is -2.55. The summed E-state index contributed by atoms with van der Waals surface area (Å²) >= 11 is 0. The molecule has 2 aromatic rings. The summed E-state index contributed by atoms with van der Waals surface area (Å²) in [6.07, 6.45) is 0.672. The maximum atomic E-state index is 14.0. The number of benzene rings is 2. The summed E-state index contributed by atoms with van der Waals surface area (Å²) in [6.45, 7) is 11.9. The molecule has 2 N–H and O–H groups in total. The Hall–Kier alpha value is -3.35. The Kier molecular flexibility index (Phi) is 11.0. The van der Waals surface area contributed by atoms with Crippen LogP contribution in [0.4, 0.5) is 4.79 Å². The molecule has 0 heterocycles. The third-order valence-corrected chi connectivity index (χ3v) is 5.88. The average molecular weight is 496 g/mol. The van der Waals surface area contributed by atoms with Gasteiger partial charge in [-0.25, -0.2) is 4.79 Å². The molecule has 0 saturated carbocycles. The summed E-state index contributed by atoms with van der Waals surface area (Å²) in [6, 6.07) is 17.3. The van der Waals surface area contributed by atoms with Gasteiger partial charge in [0.2, 0.25) is 11.8 Å². The molecular weight excluding hydrogens is 454 g/mol. The summed E-state index contributed by atoms with van der Waals surface area (Å²) in [5, 5.41) is 5.78. The maximum Gasteiger partial charge on any atom is 0.408 e. The molecule has 0 aliphatic heterocycles. The van der Waals surface area contributed by atoms with E-state index in [1.54, 1.807) is 25.7 Å². The number of nitrogens with one attached hydrogen (secondary N) is 2. The van der Waals surface area contributed by atoms with Crippen molar-refractivity contribution in [2.45, 2.75) is 78.6 Å². The number of rotatable bonds is 11. The molecule has 0 aromatic heterocycles. The fourth-order valence-corrected chi connectivity index (χ4v) is 3.89.